The van der Waals surface area contributed by atoms with Crippen LogP contribution in [-0.2, 0) is 11.2 Å². The fourth-order valence-corrected chi connectivity index (χ4v) is 2.35. The van der Waals surface area contributed by atoms with Crippen LogP contribution in [0.3, 0.4) is 0 Å². The third kappa shape index (κ3) is 2.84. The molecule has 0 saturated carbocycles. The molecule has 3 nitrogen and oxygen atoms in total. The van der Waals surface area contributed by atoms with Gasteiger partial charge in [0.2, 0.25) is 5.91 Å². The Bertz CT molecular complexity index is 488. The molecule has 1 amide bonds. The molecule has 0 atom stereocenters. The van der Waals surface area contributed by atoms with Crippen LogP contribution in [0.2, 0.25) is 0 Å². The van der Waals surface area contributed by atoms with Crippen LogP contribution in [0.1, 0.15) is 17.5 Å². The smallest absolute Gasteiger partial charge is 0.240 e. The van der Waals surface area contributed by atoms with Crippen LogP contribution >= 0.6 is 0 Å². The lowest BCUT2D eigenvalue weighted by Gasteiger charge is -2.30. The second-order valence-electron chi connectivity index (χ2n) is 4.64. The number of anilines is 1. The Morgan fingerprint density at radius 1 is 1.56 bits per heavy atom. The Kier molecular flexibility index (Phi) is 3.88. The standard InChI is InChI=1S/C15H18N2O/c1-3-8-16-15(18)11-17-9-4-5-13-10-12(2)6-7-14(13)17/h1,6-7,10H,4-5,8-9,11H2,2H3,(H,16,18). The van der Waals surface area contributed by atoms with Crippen molar-refractivity contribution >= 4 is 11.6 Å². The van der Waals surface area contributed by atoms with E-state index < -0.39 is 0 Å². The van der Waals surface area contributed by atoms with Crippen LogP contribution in [0.25, 0.3) is 0 Å². The highest BCUT2D eigenvalue weighted by Crippen LogP contribution is 2.27. The van der Waals surface area contributed by atoms with Gasteiger partial charge in [-0.1, -0.05) is 23.6 Å². The van der Waals surface area contributed by atoms with Crippen molar-refractivity contribution in [1.82, 2.24) is 5.32 Å². The summed E-state index contributed by atoms with van der Waals surface area (Å²) in [5.74, 6) is 2.40. The van der Waals surface area contributed by atoms with E-state index in [-0.39, 0.29) is 5.91 Å². The maximum absolute atomic E-state index is 11.7. The van der Waals surface area contributed by atoms with Crippen molar-refractivity contribution < 1.29 is 4.79 Å². The summed E-state index contributed by atoms with van der Waals surface area (Å²) in [5.41, 5.74) is 3.79. The molecule has 0 fully saturated rings. The minimum Gasteiger partial charge on any atom is -0.362 e. The van der Waals surface area contributed by atoms with Crippen molar-refractivity contribution in [3.63, 3.8) is 0 Å². The summed E-state index contributed by atoms with van der Waals surface area (Å²) < 4.78 is 0. The summed E-state index contributed by atoms with van der Waals surface area (Å²) in [4.78, 5) is 13.8. The van der Waals surface area contributed by atoms with E-state index in [1.54, 1.807) is 0 Å². The first-order chi connectivity index (χ1) is 8.70. The molecule has 2 rings (SSSR count). The molecular formula is C15H18N2O. The van der Waals surface area contributed by atoms with Gasteiger partial charge in [0.05, 0.1) is 13.1 Å². The molecular weight excluding hydrogens is 224 g/mol. The number of terminal acetylenes is 1. The van der Waals surface area contributed by atoms with Gasteiger partial charge in [0.1, 0.15) is 0 Å². The molecule has 0 aromatic heterocycles. The summed E-state index contributed by atoms with van der Waals surface area (Å²) in [7, 11) is 0. The molecule has 1 aliphatic heterocycles. The van der Waals surface area contributed by atoms with Crippen molar-refractivity contribution in [1.29, 1.82) is 0 Å². The average molecular weight is 242 g/mol. The maximum atomic E-state index is 11.7. The van der Waals surface area contributed by atoms with Gasteiger partial charge in [-0.3, -0.25) is 4.79 Å². The molecule has 0 unspecified atom stereocenters. The average Bonchev–Trinajstić information content (AvgIpc) is 2.36. The van der Waals surface area contributed by atoms with Crippen molar-refractivity contribution in [2.24, 2.45) is 0 Å². The van der Waals surface area contributed by atoms with E-state index >= 15 is 0 Å². The minimum absolute atomic E-state index is 0.0126. The fourth-order valence-electron chi connectivity index (χ4n) is 2.35. The van der Waals surface area contributed by atoms with Gasteiger partial charge in [-0.15, -0.1) is 6.42 Å². The molecule has 1 aromatic rings. The zero-order valence-corrected chi connectivity index (χ0v) is 10.7. The van der Waals surface area contributed by atoms with Gasteiger partial charge in [0, 0.05) is 12.2 Å². The van der Waals surface area contributed by atoms with Crippen molar-refractivity contribution in [3.05, 3.63) is 29.3 Å². The number of fused-ring (bicyclic) bond motifs is 1. The molecule has 0 saturated heterocycles. The number of carbonyl (C=O) groups is 1. The lowest BCUT2D eigenvalue weighted by molar-refractivity contribution is -0.119. The van der Waals surface area contributed by atoms with Gasteiger partial charge in [-0.25, -0.2) is 0 Å². The highest BCUT2D eigenvalue weighted by Gasteiger charge is 2.18. The SMILES string of the molecule is C#CCNC(=O)CN1CCCc2cc(C)ccc21. The largest absolute Gasteiger partial charge is 0.362 e. The molecule has 18 heavy (non-hydrogen) atoms. The van der Waals surface area contributed by atoms with Crippen LogP contribution in [0.15, 0.2) is 18.2 Å². The second kappa shape index (κ2) is 5.59. The predicted molar refractivity (Wildman–Crippen MR) is 73.6 cm³/mol. The van der Waals surface area contributed by atoms with E-state index in [2.05, 4.69) is 41.3 Å². The third-order valence-corrected chi connectivity index (χ3v) is 3.17. The normalized spacial score (nSPS) is 13.7. The Morgan fingerprint density at radius 3 is 3.17 bits per heavy atom. The molecule has 1 aliphatic rings. The van der Waals surface area contributed by atoms with Crippen LogP contribution < -0.4 is 10.2 Å². The van der Waals surface area contributed by atoms with Crippen molar-refractivity contribution in [2.45, 2.75) is 19.8 Å². The Labute approximate surface area is 108 Å². The molecule has 1 N–H and O–H groups in total. The molecule has 0 bridgehead atoms. The van der Waals surface area contributed by atoms with Crippen molar-refractivity contribution in [3.8, 4) is 12.3 Å². The third-order valence-electron chi connectivity index (χ3n) is 3.17. The number of amides is 1. The molecule has 1 heterocycles. The molecule has 1 aromatic carbocycles. The Hall–Kier alpha value is -1.95. The van der Waals surface area contributed by atoms with E-state index in [1.165, 1.54) is 16.8 Å². The van der Waals surface area contributed by atoms with Crippen LogP contribution in [0, 0.1) is 19.3 Å². The predicted octanol–water partition coefficient (Wildman–Crippen LogP) is 1.50. The van der Waals surface area contributed by atoms with Gasteiger partial charge in [-0.05, 0) is 31.4 Å². The fraction of sp³-hybridized carbons (Fsp3) is 0.400. The van der Waals surface area contributed by atoms with Gasteiger partial charge < -0.3 is 10.2 Å². The van der Waals surface area contributed by atoms with Gasteiger partial charge in [0.25, 0.3) is 0 Å². The minimum atomic E-state index is -0.0126. The summed E-state index contributed by atoms with van der Waals surface area (Å²) in [6.07, 6.45) is 7.32. The lowest BCUT2D eigenvalue weighted by Crippen LogP contribution is -2.39. The first kappa shape index (κ1) is 12.5. The van der Waals surface area contributed by atoms with Crippen LogP contribution in [-0.4, -0.2) is 25.5 Å². The van der Waals surface area contributed by atoms with Crippen LogP contribution in [0.4, 0.5) is 5.69 Å². The zero-order valence-electron chi connectivity index (χ0n) is 10.7. The van der Waals surface area contributed by atoms with Crippen LogP contribution in [0.5, 0.6) is 0 Å². The van der Waals surface area contributed by atoms with E-state index in [0.717, 1.165) is 19.4 Å². The van der Waals surface area contributed by atoms with E-state index in [0.29, 0.717) is 13.1 Å². The number of rotatable bonds is 3. The second-order valence-corrected chi connectivity index (χ2v) is 4.64. The van der Waals surface area contributed by atoms with Gasteiger partial charge in [0.15, 0.2) is 0 Å². The molecule has 0 aliphatic carbocycles. The highest BCUT2D eigenvalue weighted by molar-refractivity contribution is 5.82. The van der Waals surface area contributed by atoms with Gasteiger partial charge >= 0.3 is 0 Å². The number of carbonyl (C=O) groups excluding carboxylic acids is 1. The highest BCUT2D eigenvalue weighted by atomic mass is 16.2. The number of hydrogen-bond acceptors (Lipinski definition) is 2. The van der Waals surface area contributed by atoms with E-state index in [4.69, 9.17) is 6.42 Å². The first-order valence-electron chi connectivity index (χ1n) is 6.25. The monoisotopic (exact) mass is 242 g/mol. The Morgan fingerprint density at radius 2 is 2.39 bits per heavy atom. The number of hydrogen-bond donors (Lipinski definition) is 1. The summed E-state index contributed by atoms with van der Waals surface area (Å²) in [6.45, 7) is 3.71. The number of aryl methyl sites for hydroxylation is 2. The van der Waals surface area contributed by atoms with E-state index in [1.807, 2.05) is 0 Å². The molecule has 0 radical (unpaired) electrons. The number of nitrogens with zero attached hydrogens (tertiary/aromatic N) is 1. The van der Waals surface area contributed by atoms with Crippen molar-refractivity contribution in [2.75, 3.05) is 24.5 Å². The summed E-state index contributed by atoms with van der Waals surface area (Å²) in [5, 5.41) is 2.71. The first-order valence-corrected chi connectivity index (χ1v) is 6.25. The quantitative estimate of drug-likeness (QED) is 0.815. The molecule has 94 valence electrons. The maximum Gasteiger partial charge on any atom is 0.240 e. The topological polar surface area (TPSA) is 32.3 Å². The lowest BCUT2D eigenvalue weighted by atomic mass is 9.99. The van der Waals surface area contributed by atoms with Gasteiger partial charge in [-0.2, -0.15) is 0 Å². The summed E-state index contributed by atoms with van der Waals surface area (Å²) >= 11 is 0. The summed E-state index contributed by atoms with van der Waals surface area (Å²) in [6, 6.07) is 6.41. The zero-order chi connectivity index (χ0) is 13.0. The number of benzene rings is 1. The number of nitrogens with one attached hydrogen (secondary N) is 1. The Balaban J connectivity index is 2.08. The van der Waals surface area contributed by atoms with E-state index in [9.17, 15) is 4.79 Å². The molecule has 3 heteroatoms. The molecule has 0 spiro atoms.